The van der Waals surface area contributed by atoms with Crippen LogP contribution >= 0.6 is 0 Å². The third-order valence-corrected chi connectivity index (χ3v) is 3.91. The van der Waals surface area contributed by atoms with Crippen molar-refractivity contribution in [1.82, 2.24) is 0 Å². The first-order valence-corrected chi connectivity index (χ1v) is 6.82. The van der Waals surface area contributed by atoms with E-state index in [1.54, 1.807) is 6.92 Å². The van der Waals surface area contributed by atoms with Gasteiger partial charge in [0.1, 0.15) is 11.5 Å². The molecule has 0 radical (unpaired) electrons. The Hall–Kier alpha value is -2.18. The number of halogens is 1. The number of hydrogen-bond acceptors (Lipinski definition) is 4. The van der Waals surface area contributed by atoms with Gasteiger partial charge in [-0.1, -0.05) is 0 Å². The van der Waals surface area contributed by atoms with E-state index in [-0.39, 0.29) is 23.3 Å². The van der Waals surface area contributed by atoms with E-state index < -0.39 is 16.7 Å². The minimum absolute atomic E-state index is 0.0239. The summed E-state index contributed by atoms with van der Waals surface area (Å²) in [5.74, 6) is -1.74. The Kier molecular flexibility index (Phi) is 4.40. The van der Waals surface area contributed by atoms with Gasteiger partial charge in [0.25, 0.3) is 5.69 Å². The number of nitro groups is 1. The Morgan fingerprint density at radius 2 is 2.00 bits per heavy atom. The molecule has 1 aliphatic carbocycles. The number of benzene rings is 1. The molecule has 0 spiro atoms. The van der Waals surface area contributed by atoms with Crippen LogP contribution in [-0.2, 0) is 4.79 Å². The zero-order chi connectivity index (χ0) is 15.6. The van der Waals surface area contributed by atoms with E-state index in [2.05, 4.69) is 5.32 Å². The number of aliphatic carboxylic acids is 1. The first kappa shape index (κ1) is 15.2. The predicted molar refractivity (Wildman–Crippen MR) is 74.8 cm³/mol. The van der Waals surface area contributed by atoms with E-state index in [9.17, 15) is 19.3 Å². The number of nitrogens with zero attached hydrogens (tertiary/aromatic N) is 1. The average molecular weight is 296 g/mol. The van der Waals surface area contributed by atoms with E-state index >= 15 is 0 Å². The largest absolute Gasteiger partial charge is 0.481 e. The van der Waals surface area contributed by atoms with Gasteiger partial charge in [0.05, 0.1) is 16.9 Å². The molecule has 1 aliphatic rings. The van der Waals surface area contributed by atoms with Crippen molar-refractivity contribution in [3.05, 3.63) is 33.6 Å². The van der Waals surface area contributed by atoms with Crippen LogP contribution in [0.25, 0.3) is 0 Å². The third kappa shape index (κ3) is 3.48. The smallest absolute Gasteiger partial charge is 0.306 e. The van der Waals surface area contributed by atoms with Crippen LogP contribution in [0.3, 0.4) is 0 Å². The summed E-state index contributed by atoms with van der Waals surface area (Å²) in [5.41, 5.74) is 0.332. The zero-order valence-electron chi connectivity index (χ0n) is 11.6. The summed E-state index contributed by atoms with van der Waals surface area (Å²) in [6, 6.07) is 2.32. The van der Waals surface area contributed by atoms with Crippen LogP contribution in [0.1, 0.15) is 31.2 Å². The first-order valence-electron chi connectivity index (χ1n) is 6.82. The Morgan fingerprint density at radius 3 is 2.52 bits per heavy atom. The van der Waals surface area contributed by atoms with Gasteiger partial charge in [-0.25, -0.2) is 4.39 Å². The summed E-state index contributed by atoms with van der Waals surface area (Å²) in [6.07, 6.45) is 2.34. The summed E-state index contributed by atoms with van der Waals surface area (Å²) in [7, 11) is 0. The van der Waals surface area contributed by atoms with Gasteiger partial charge in [-0.2, -0.15) is 0 Å². The second-order valence-corrected chi connectivity index (χ2v) is 5.41. The molecule has 0 heterocycles. The number of carboxylic acid groups (broad SMARTS) is 1. The Bertz CT molecular complexity index is 568. The number of anilines is 1. The second kappa shape index (κ2) is 6.07. The molecule has 0 amide bonds. The molecule has 21 heavy (non-hydrogen) atoms. The van der Waals surface area contributed by atoms with Gasteiger partial charge >= 0.3 is 5.97 Å². The van der Waals surface area contributed by atoms with Crippen LogP contribution < -0.4 is 5.32 Å². The summed E-state index contributed by atoms with van der Waals surface area (Å²) in [6.45, 7) is 1.55. The molecule has 2 rings (SSSR count). The van der Waals surface area contributed by atoms with Crippen LogP contribution in [0.2, 0.25) is 0 Å². The number of rotatable bonds is 4. The molecule has 114 valence electrons. The molecule has 0 saturated heterocycles. The normalized spacial score (nSPS) is 21.8. The molecule has 0 aliphatic heterocycles. The molecule has 1 aromatic rings. The minimum atomic E-state index is -0.794. The van der Waals surface area contributed by atoms with Crippen molar-refractivity contribution >= 4 is 17.3 Å². The number of hydrogen-bond donors (Lipinski definition) is 2. The number of nitro benzene ring substituents is 1. The SMILES string of the molecule is Cc1cc(NC2CCC(C(=O)O)CC2)c([N+](=O)[O-])cc1F. The number of carboxylic acids is 1. The maximum absolute atomic E-state index is 13.4. The van der Waals surface area contributed by atoms with Crippen LogP contribution in [0.4, 0.5) is 15.8 Å². The Balaban J connectivity index is 2.11. The van der Waals surface area contributed by atoms with Crippen molar-refractivity contribution < 1.29 is 19.2 Å². The lowest BCUT2D eigenvalue weighted by molar-refractivity contribution is -0.384. The number of carbonyl (C=O) groups is 1. The summed E-state index contributed by atoms with van der Waals surface area (Å²) < 4.78 is 13.4. The van der Waals surface area contributed by atoms with Crippen molar-refractivity contribution in [3.8, 4) is 0 Å². The van der Waals surface area contributed by atoms with Gasteiger partial charge < -0.3 is 10.4 Å². The lowest BCUT2D eigenvalue weighted by Crippen LogP contribution is -2.29. The minimum Gasteiger partial charge on any atom is -0.481 e. The van der Waals surface area contributed by atoms with Gasteiger partial charge in [-0.15, -0.1) is 0 Å². The molecule has 0 unspecified atom stereocenters. The quantitative estimate of drug-likeness (QED) is 0.658. The summed E-state index contributed by atoms with van der Waals surface area (Å²) >= 11 is 0. The predicted octanol–water partition coefficient (Wildman–Crippen LogP) is 3.10. The van der Waals surface area contributed by atoms with Crippen LogP contribution in [0.15, 0.2) is 12.1 Å². The van der Waals surface area contributed by atoms with E-state index in [0.29, 0.717) is 31.2 Å². The van der Waals surface area contributed by atoms with Gasteiger partial charge in [0.2, 0.25) is 0 Å². The number of aryl methyl sites for hydroxylation is 1. The highest BCUT2D eigenvalue weighted by atomic mass is 19.1. The van der Waals surface area contributed by atoms with Crippen molar-refractivity contribution in [2.45, 2.75) is 38.6 Å². The van der Waals surface area contributed by atoms with E-state index in [1.165, 1.54) is 6.07 Å². The molecule has 1 saturated carbocycles. The van der Waals surface area contributed by atoms with Crippen LogP contribution in [0.5, 0.6) is 0 Å². The van der Waals surface area contributed by atoms with E-state index in [1.807, 2.05) is 0 Å². The lowest BCUT2D eigenvalue weighted by Gasteiger charge is -2.27. The van der Waals surface area contributed by atoms with Crippen LogP contribution in [-0.4, -0.2) is 22.0 Å². The summed E-state index contributed by atoms with van der Waals surface area (Å²) in [4.78, 5) is 21.3. The monoisotopic (exact) mass is 296 g/mol. The molecular weight excluding hydrogens is 279 g/mol. The highest BCUT2D eigenvalue weighted by Crippen LogP contribution is 2.32. The molecular formula is C14H17FN2O4. The fourth-order valence-corrected chi connectivity index (χ4v) is 2.64. The lowest BCUT2D eigenvalue weighted by atomic mass is 9.86. The topological polar surface area (TPSA) is 92.5 Å². The molecule has 1 aromatic carbocycles. The molecule has 2 N–H and O–H groups in total. The zero-order valence-corrected chi connectivity index (χ0v) is 11.6. The average Bonchev–Trinajstić information content (AvgIpc) is 2.43. The molecule has 1 fully saturated rings. The first-order chi connectivity index (χ1) is 9.88. The molecule has 7 heteroatoms. The van der Waals surface area contributed by atoms with Gasteiger partial charge in [0, 0.05) is 6.04 Å². The maximum Gasteiger partial charge on any atom is 0.306 e. The highest BCUT2D eigenvalue weighted by molar-refractivity contribution is 5.70. The number of nitrogens with one attached hydrogen (secondary N) is 1. The molecule has 6 nitrogen and oxygen atoms in total. The highest BCUT2D eigenvalue weighted by Gasteiger charge is 2.27. The Morgan fingerprint density at radius 1 is 1.38 bits per heavy atom. The van der Waals surface area contributed by atoms with Gasteiger partial charge in [-0.05, 0) is 44.2 Å². The standard InChI is InChI=1S/C14H17FN2O4/c1-8-6-12(13(17(20)21)7-11(8)15)16-10-4-2-9(3-5-10)14(18)19/h6-7,9-10,16H,2-5H2,1H3,(H,18,19). The molecule has 0 atom stereocenters. The van der Waals surface area contributed by atoms with E-state index in [4.69, 9.17) is 5.11 Å². The fourth-order valence-electron chi connectivity index (χ4n) is 2.64. The molecule has 0 aromatic heterocycles. The van der Waals surface area contributed by atoms with Crippen molar-refractivity contribution in [1.29, 1.82) is 0 Å². The molecule has 0 bridgehead atoms. The Labute approximate surface area is 121 Å². The van der Waals surface area contributed by atoms with Gasteiger partial charge in [0.15, 0.2) is 0 Å². The third-order valence-electron chi connectivity index (χ3n) is 3.91. The van der Waals surface area contributed by atoms with Crippen LogP contribution in [0, 0.1) is 28.8 Å². The van der Waals surface area contributed by atoms with E-state index in [0.717, 1.165) is 6.07 Å². The second-order valence-electron chi connectivity index (χ2n) is 5.41. The van der Waals surface area contributed by atoms with Crippen molar-refractivity contribution in [3.63, 3.8) is 0 Å². The fraction of sp³-hybridized carbons (Fsp3) is 0.500. The maximum atomic E-state index is 13.4. The van der Waals surface area contributed by atoms with Crippen molar-refractivity contribution in [2.75, 3.05) is 5.32 Å². The van der Waals surface area contributed by atoms with Gasteiger partial charge in [-0.3, -0.25) is 14.9 Å². The van der Waals surface area contributed by atoms with Crippen molar-refractivity contribution in [2.24, 2.45) is 5.92 Å². The summed E-state index contributed by atoms with van der Waals surface area (Å²) in [5, 5.41) is 23.0.